The molecule has 1 N–H and O–H groups in total. The topological polar surface area (TPSA) is 49.4 Å². The summed E-state index contributed by atoms with van der Waals surface area (Å²) in [5, 5.41) is 2.10. The predicted octanol–water partition coefficient (Wildman–Crippen LogP) is 3.50. The van der Waals surface area contributed by atoms with Crippen LogP contribution in [-0.2, 0) is 17.5 Å². The van der Waals surface area contributed by atoms with Crippen LogP contribution in [0.2, 0.25) is 0 Å². The Morgan fingerprint density at radius 3 is 2.25 bits per heavy atom. The number of urea groups is 1. The first-order valence-corrected chi connectivity index (χ1v) is 7.19. The molecule has 7 heteroatoms. The van der Waals surface area contributed by atoms with Gasteiger partial charge in [0, 0.05) is 6.54 Å². The quantitative estimate of drug-likeness (QED) is 0.874. The third kappa shape index (κ3) is 2.97. The van der Waals surface area contributed by atoms with Gasteiger partial charge in [-0.05, 0) is 17.2 Å². The largest absolute Gasteiger partial charge is 0.416 e. The average molecular weight is 334 g/mol. The van der Waals surface area contributed by atoms with Gasteiger partial charge < -0.3 is 4.90 Å². The van der Waals surface area contributed by atoms with Gasteiger partial charge in [0.15, 0.2) is 0 Å². The molecule has 124 valence electrons. The van der Waals surface area contributed by atoms with E-state index in [0.29, 0.717) is 0 Å². The highest BCUT2D eigenvalue weighted by atomic mass is 19.4. The SMILES string of the molecule is O=C1NC(=O)N(Cc2ccccc2)C1c1ccccc1C(F)(F)F. The number of benzene rings is 2. The molecule has 0 spiro atoms. The summed E-state index contributed by atoms with van der Waals surface area (Å²) in [6.07, 6.45) is -4.61. The minimum atomic E-state index is -4.61. The molecule has 0 aliphatic carbocycles. The van der Waals surface area contributed by atoms with Crippen LogP contribution in [0.25, 0.3) is 0 Å². The van der Waals surface area contributed by atoms with Gasteiger partial charge in [-0.15, -0.1) is 0 Å². The van der Waals surface area contributed by atoms with E-state index in [0.717, 1.165) is 16.5 Å². The first-order valence-electron chi connectivity index (χ1n) is 7.19. The van der Waals surface area contributed by atoms with Crippen molar-refractivity contribution in [2.24, 2.45) is 0 Å². The zero-order chi connectivity index (χ0) is 17.3. The van der Waals surface area contributed by atoms with E-state index < -0.39 is 29.7 Å². The second kappa shape index (κ2) is 5.99. The number of hydrogen-bond acceptors (Lipinski definition) is 2. The van der Waals surface area contributed by atoms with Crippen molar-refractivity contribution >= 4 is 11.9 Å². The Morgan fingerprint density at radius 1 is 0.958 bits per heavy atom. The molecule has 1 saturated heterocycles. The van der Waals surface area contributed by atoms with Crippen LogP contribution in [0.5, 0.6) is 0 Å². The van der Waals surface area contributed by atoms with Gasteiger partial charge in [-0.1, -0.05) is 48.5 Å². The lowest BCUT2D eigenvalue weighted by molar-refractivity contribution is -0.139. The summed E-state index contributed by atoms with van der Waals surface area (Å²) in [6, 6.07) is 11.6. The van der Waals surface area contributed by atoms with Gasteiger partial charge in [-0.3, -0.25) is 10.1 Å². The monoisotopic (exact) mass is 334 g/mol. The summed E-state index contributed by atoms with van der Waals surface area (Å²) in [5.74, 6) is -0.757. The Hall–Kier alpha value is -2.83. The maximum atomic E-state index is 13.2. The Kier molecular flexibility index (Phi) is 4.01. The van der Waals surface area contributed by atoms with Crippen LogP contribution < -0.4 is 5.32 Å². The lowest BCUT2D eigenvalue weighted by Gasteiger charge is -2.24. The Balaban J connectivity index is 2.02. The molecular weight excluding hydrogens is 321 g/mol. The smallest absolute Gasteiger partial charge is 0.304 e. The molecular formula is C17H13F3N2O2. The molecule has 24 heavy (non-hydrogen) atoms. The lowest BCUT2D eigenvalue weighted by atomic mass is 9.98. The van der Waals surface area contributed by atoms with Gasteiger partial charge in [0.1, 0.15) is 6.04 Å². The van der Waals surface area contributed by atoms with Crippen LogP contribution in [0.3, 0.4) is 0 Å². The van der Waals surface area contributed by atoms with E-state index in [1.54, 1.807) is 30.3 Å². The van der Waals surface area contributed by atoms with Crippen molar-refractivity contribution in [3.63, 3.8) is 0 Å². The van der Waals surface area contributed by atoms with E-state index in [4.69, 9.17) is 0 Å². The Morgan fingerprint density at radius 2 is 1.58 bits per heavy atom. The summed E-state index contributed by atoms with van der Waals surface area (Å²) < 4.78 is 39.7. The van der Waals surface area contributed by atoms with Crippen molar-refractivity contribution in [3.8, 4) is 0 Å². The van der Waals surface area contributed by atoms with Crippen molar-refractivity contribution in [2.45, 2.75) is 18.8 Å². The molecule has 1 unspecified atom stereocenters. The number of nitrogens with one attached hydrogen (secondary N) is 1. The summed E-state index contributed by atoms with van der Waals surface area (Å²) in [4.78, 5) is 25.3. The van der Waals surface area contributed by atoms with E-state index in [-0.39, 0.29) is 12.1 Å². The number of nitrogens with zero attached hydrogens (tertiary/aromatic N) is 1. The molecule has 3 rings (SSSR count). The third-order valence-electron chi connectivity index (χ3n) is 3.81. The second-order valence-corrected chi connectivity index (χ2v) is 5.40. The maximum absolute atomic E-state index is 13.2. The van der Waals surface area contributed by atoms with Crippen LogP contribution >= 0.6 is 0 Å². The molecule has 2 aromatic rings. The average Bonchev–Trinajstić information content (AvgIpc) is 2.81. The molecule has 1 aliphatic rings. The van der Waals surface area contributed by atoms with Gasteiger partial charge in [-0.25, -0.2) is 4.79 Å². The minimum Gasteiger partial charge on any atom is -0.304 e. The minimum absolute atomic E-state index is 0.0370. The molecule has 0 bridgehead atoms. The summed E-state index contributed by atoms with van der Waals surface area (Å²) >= 11 is 0. The van der Waals surface area contributed by atoms with E-state index >= 15 is 0 Å². The second-order valence-electron chi connectivity index (χ2n) is 5.40. The van der Waals surface area contributed by atoms with E-state index in [9.17, 15) is 22.8 Å². The molecule has 3 amide bonds. The highest BCUT2D eigenvalue weighted by Crippen LogP contribution is 2.38. The number of carbonyl (C=O) groups excluding carboxylic acids is 2. The van der Waals surface area contributed by atoms with Crippen LogP contribution in [0.1, 0.15) is 22.7 Å². The fraction of sp³-hybridized carbons (Fsp3) is 0.176. The van der Waals surface area contributed by atoms with Crippen LogP contribution in [0, 0.1) is 0 Å². The number of imide groups is 1. The standard InChI is InChI=1S/C17H13F3N2O2/c18-17(19,20)13-9-5-4-8-12(13)14-15(23)21-16(24)22(14)10-11-6-2-1-3-7-11/h1-9,14H,10H2,(H,21,23,24). The van der Waals surface area contributed by atoms with Crippen molar-refractivity contribution in [3.05, 3.63) is 71.3 Å². The normalized spacial score (nSPS) is 18.0. The van der Waals surface area contributed by atoms with Gasteiger partial charge in [0.05, 0.1) is 5.56 Å². The molecule has 0 aromatic heterocycles. The number of rotatable bonds is 3. The zero-order valence-corrected chi connectivity index (χ0v) is 12.4. The zero-order valence-electron chi connectivity index (χ0n) is 12.4. The summed E-state index contributed by atoms with van der Waals surface area (Å²) in [5.41, 5.74) is -0.431. The number of alkyl halides is 3. The molecule has 0 saturated carbocycles. The van der Waals surface area contributed by atoms with E-state index in [1.807, 2.05) is 0 Å². The van der Waals surface area contributed by atoms with E-state index in [1.165, 1.54) is 18.2 Å². The lowest BCUT2D eigenvalue weighted by Crippen LogP contribution is -2.30. The molecule has 1 heterocycles. The van der Waals surface area contributed by atoms with Crippen LogP contribution in [0.4, 0.5) is 18.0 Å². The highest BCUT2D eigenvalue weighted by Gasteiger charge is 2.44. The van der Waals surface area contributed by atoms with Crippen molar-refractivity contribution in [2.75, 3.05) is 0 Å². The van der Waals surface area contributed by atoms with Crippen molar-refractivity contribution in [1.82, 2.24) is 10.2 Å². The summed E-state index contributed by atoms with van der Waals surface area (Å²) in [6.45, 7) is 0.0370. The molecule has 1 fully saturated rings. The number of amides is 3. The number of halogens is 3. The maximum Gasteiger partial charge on any atom is 0.416 e. The Labute approximate surface area is 135 Å². The third-order valence-corrected chi connectivity index (χ3v) is 3.81. The fourth-order valence-electron chi connectivity index (χ4n) is 2.75. The van der Waals surface area contributed by atoms with Gasteiger partial charge in [-0.2, -0.15) is 13.2 Å². The first kappa shape index (κ1) is 16.0. The van der Waals surface area contributed by atoms with E-state index in [2.05, 4.69) is 5.32 Å². The van der Waals surface area contributed by atoms with Gasteiger partial charge in [0.25, 0.3) is 5.91 Å². The fourth-order valence-corrected chi connectivity index (χ4v) is 2.75. The Bertz CT molecular complexity index is 775. The van der Waals surface area contributed by atoms with Gasteiger partial charge in [0.2, 0.25) is 0 Å². The number of carbonyl (C=O) groups is 2. The molecule has 0 radical (unpaired) electrons. The first-order chi connectivity index (χ1) is 11.4. The molecule has 1 aliphatic heterocycles. The van der Waals surface area contributed by atoms with Crippen molar-refractivity contribution in [1.29, 1.82) is 0 Å². The number of hydrogen-bond donors (Lipinski definition) is 1. The van der Waals surface area contributed by atoms with Crippen molar-refractivity contribution < 1.29 is 22.8 Å². The molecule has 4 nitrogen and oxygen atoms in total. The predicted molar refractivity (Wildman–Crippen MR) is 79.7 cm³/mol. The molecule has 2 aromatic carbocycles. The highest BCUT2D eigenvalue weighted by molar-refractivity contribution is 6.04. The molecule has 1 atom stereocenters. The van der Waals surface area contributed by atoms with Crippen LogP contribution in [-0.4, -0.2) is 16.8 Å². The van der Waals surface area contributed by atoms with Gasteiger partial charge >= 0.3 is 12.2 Å². The summed E-state index contributed by atoms with van der Waals surface area (Å²) in [7, 11) is 0. The van der Waals surface area contributed by atoms with Crippen LogP contribution in [0.15, 0.2) is 54.6 Å².